The number of anilines is 1. The normalized spacial score (nSPS) is 13.3. The molecule has 0 atom stereocenters. The van der Waals surface area contributed by atoms with Gasteiger partial charge in [-0.05, 0) is 35.7 Å². The number of rotatable bonds is 5. The summed E-state index contributed by atoms with van der Waals surface area (Å²) >= 11 is 6.10. The van der Waals surface area contributed by atoms with Crippen molar-refractivity contribution in [3.8, 4) is 5.75 Å². The first-order valence-corrected chi connectivity index (χ1v) is 8.47. The lowest BCUT2D eigenvalue weighted by molar-refractivity contribution is -0.131. The summed E-state index contributed by atoms with van der Waals surface area (Å²) in [5.74, 6) is 0.821. The maximum atomic E-state index is 12.4. The zero-order chi connectivity index (χ0) is 16.9. The summed E-state index contributed by atoms with van der Waals surface area (Å²) in [5.41, 5.74) is 3.50. The largest absolute Gasteiger partial charge is 0.495 e. The summed E-state index contributed by atoms with van der Waals surface area (Å²) in [5, 5.41) is 3.80. The maximum absolute atomic E-state index is 12.4. The average Bonchev–Trinajstić information content (AvgIpc) is 2.61. The van der Waals surface area contributed by atoms with Crippen LogP contribution in [0.3, 0.4) is 0 Å². The zero-order valence-corrected chi connectivity index (χ0v) is 14.5. The minimum atomic E-state index is 0.177. The molecule has 0 aliphatic carbocycles. The molecule has 0 spiro atoms. The van der Waals surface area contributed by atoms with Crippen molar-refractivity contribution >= 4 is 23.2 Å². The van der Waals surface area contributed by atoms with Crippen LogP contribution in [-0.2, 0) is 17.8 Å². The molecule has 0 bridgehead atoms. The fourth-order valence-corrected chi connectivity index (χ4v) is 3.21. The Kier molecular flexibility index (Phi) is 5.26. The minimum Gasteiger partial charge on any atom is -0.495 e. The lowest BCUT2D eigenvalue weighted by Crippen LogP contribution is -2.36. The Morgan fingerprint density at radius 2 is 2.04 bits per heavy atom. The van der Waals surface area contributed by atoms with E-state index < -0.39 is 0 Å². The van der Waals surface area contributed by atoms with Crippen molar-refractivity contribution in [1.29, 1.82) is 0 Å². The Morgan fingerprint density at radius 3 is 2.79 bits per heavy atom. The highest BCUT2D eigenvalue weighted by molar-refractivity contribution is 6.32. The summed E-state index contributed by atoms with van der Waals surface area (Å²) in [6, 6.07) is 13.9. The first-order valence-electron chi connectivity index (χ1n) is 8.09. The Labute approximate surface area is 147 Å². The SMILES string of the molecule is COc1ccc(NCCC(=O)N2CCc3ccccc3C2)cc1Cl. The van der Waals surface area contributed by atoms with Gasteiger partial charge in [0, 0.05) is 31.7 Å². The van der Waals surface area contributed by atoms with E-state index >= 15 is 0 Å². The quantitative estimate of drug-likeness (QED) is 0.898. The summed E-state index contributed by atoms with van der Waals surface area (Å²) in [6.07, 6.45) is 1.40. The van der Waals surface area contributed by atoms with Crippen molar-refractivity contribution < 1.29 is 9.53 Å². The van der Waals surface area contributed by atoms with Crippen molar-refractivity contribution in [3.05, 3.63) is 58.6 Å². The molecule has 0 radical (unpaired) electrons. The number of carbonyl (C=O) groups is 1. The van der Waals surface area contributed by atoms with Crippen LogP contribution in [0.25, 0.3) is 0 Å². The molecule has 1 aliphatic rings. The Bertz CT molecular complexity index is 733. The van der Waals surface area contributed by atoms with Crippen LogP contribution in [0.5, 0.6) is 5.75 Å². The van der Waals surface area contributed by atoms with Crippen molar-refractivity contribution in [2.75, 3.05) is 25.5 Å². The van der Waals surface area contributed by atoms with E-state index in [2.05, 4.69) is 23.5 Å². The van der Waals surface area contributed by atoms with E-state index in [1.54, 1.807) is 7.11 Å². The van der Waals surface area contributed by atoms with Crippen LogP contribution in [0.4, 0.5) is 5.69 Å². The molecule has 1 amide bonds. The molecule has 1 heterocycles. The van der Waals surface area contributed by atoms with E-state index in [9.17, 15) is 4.79 Å². The van der Waals surface area contributed by atoms with E-state index in [1.165, 1.54) is 11.1 Å². The molecule has 5 heteroatoms. The van der Waals surface area contributed by atoms with E-state index in [0.29, 0.717) is 30.3 Å². The third-order valence-electron chi connectivity index (χ3n) is 4.30. The van der Waals surface area contributed by atoms with Gasteiger partial charge in [0.15, 0.2) is 0 Å². The Hall–Kier alpha value is -2.20. The fraction of sp³-hybridized carbons (Fsp3) is 0.316. The first-order chi connectivity index (χ1) is 11.7. The summed E-state index contributed by atoms with van der Waals surface area (Å²) in [7, 11) is 1.59. The monoisotopic (exact) mass is 344 g/mol. The molecule has 2 aromatic rings. The molecule has 2 aromatic carbocycles. The highest BCUT2D eigenvalue weighted by Gasteiger charge is 2.19. The molecule has 0 aromatic heterocycles. The van der Waals surface area contributed by atoms with E-state index in [4.69, 9.17) is 16.3 Å². The second kappa shape index (κ2) is 7.58. The number of methoxy groups -OCH3 is 1. The highest BCUT2D eigenvalue weighted by Crippen LogP contribution is 2.27. The van der Waals surface area contributed by atoms with Gasteiger partial charge in [-0.15, -0.1) is 0 Å². The molecule has 4 nitrogen and oxygen atoms in total. The van der Waals surface area contributed by atoms with Crippen molar-refractivity contribution in [2.24, 2.45) is 0 Å². The smallest absolute Gasteiger partial charge is 0.224 e. The van der Waals surface area contributed by atoms with Gasteiger partial charge in [0.2, 0.25) is 5.91 Å². The number of ether oxygens (including phenoxy) is 1. The number of halogens is 1. The second-order valence-electron chi connectivity index (χ2n) is 5.86. The van der Waals surface area contributed by atoms with Gasteiger partial charge >= 0.3 is 0 Å². The summed E-state index contributed by atoms with van der Waals surface area (Å²) in [6.45, 7) is 2.09. The number of hydrogen-bond donors (Lipinski definition) is 1. The molecule has 1 N–H and O–H groups in total. The van der Waals surface area contributed by atoms with Gasteiger partial charge < -0.3 is 15.0 Å². The number of amides is 1. The van der Waals surface area contributed by atoms with E-state index in [-0.39, 0.29) is 5.91 Å². The van der Waals surface area contributed by atoms with Gasteiger partial charge in [0.25, 0.3) is 0 Å². The molecule has 126 valence electrons. The number of hydrogen-bond acceptors (Lipinski definition) is 3. The predicted octanol–water partition coefficient (Wildman–Crippen LogP) is 3.74. The fourth-order valence-electron chi connectivity index (χ4n) is 2.96. The van der Waals surface area contributed by atoms with Crippen LogP contribution >= 0.6 is 11.6 Å². The van der Waals surface area contributed by atoms with Crippen molar-refractivity contribution in [3.63, 3.8) is 0 Å². The number of carbonyl (C=O) groups excluding carboxylic acids is 1. The number of benzene rings is 2. The van der Waals surface area contributed by atoms with Gasteiger partial charge in [-0.2, -0.15) is 0 Å². The average molecular weight is 345 g/mol. The predicted molar refractivity (Wildman–Crippen MR) is 96.7 cm³/mol. The molecular formula is C19H21ClN2O2. The zero-order valence-electron chi connectivity index (χ0n) is 13.7. The second-order valence-corrected chi connectivity index (χ2v) is 6.27. The third kappa shape index (κ3) is 3.82. The van der Waals surface area contributed by atoms with Crippen LogP contribution in [0.1, 0.15) is 17.5 Å². The molecule has 0 saturated carbocycles. The molecule has 0 unspecified atom stereocenters. The summed E-state index contributed by atoms with van der Waals surface area (Å²) in [4.78, 5) is 14.3. The number of nitrogens with one attached hydrogen (secondary N) is 1. The van der Waals surface area contributed by atoms with E-state index in [1.807, 2.05) is 29.2 Å². The maximum Gasteiger partial charge on any atom is 0.224 e. The first kappa shape index (κ1) is 16.7. The van der Waals surface area contributed by atoms with Gasteiger partial charge in [-0.25, -0.2) is 0 Å². The number of nitrogens with zero attached hydrogens (tertiary/aromatic N) is 1. The van der Waals surface area contributed by atoms with Gasteiger partial charge in [-0.3, -0.25) is 4.79 Å². The molecular weight excluding hydrogens is 324 g/mol. The minimum absolute atomic E-state index is 0.177. The molecule has 0 saturated heterocycles. The highest BCUT2D eigenvalue weighted by atomic mass is 35.5. The summed E-state index contributed by atoms with van der Waals surface area (Å²) < 4.78 is 5.13. The molecule has 24 heavy (non-hydrogen) atoms. The van der Waals surface area contributed by atoms with Gasteiger partial charge in [0.1, 0.15) is 5.75 Å². The van der Waals surface area contributed by atoms with Crippen LogP contribution in [0, 0.1) is 0 Å². The lowest BCUT2D eigenvalue weighted by Gasteiger charge is -2.29. The Morgan fingerprint density at radius 1 is 1.25 bits per heavy atom. The third-order valence-corrected chi connectivity index (χ3v) is 4.60. The van der Waals surface area contributed by atoms with Crippen LogP contribution in [0.2, 0.25) is 5.02 Å². The van der Waals surface area contributed by atoms with Crippen molar-refractivity contribution in [1.82, 2.24) is 4.90 Å². The molecule has 1 aliphatic heterocycles. The Balaban J connectivity index is 1.50. The van der Waals surface area contributed by atoms with Crippen LogP contribution in [-0.4, -0.2) is 31.0 Å². The topological polar surface area (TPSA) is 41.6 Å². The van der Waals surface area contributed by atoms with Crippen LogP contribution in [0.15, 0.2) is 42.5 Å². The van der Waals surface area contributed by atoms with Gasteiger partial charge in [-0.1, -0.05) is 35.9 Å². The lowest BCUT2D eigenvalue weighted by atomic mass is 10.00. The van der Waals surface area contributed by atoms with E-state index in [0.717, 1.165) is 18.7 Å². The van der Waals surface area contributed by atoms with Crippen LogP contribution < -0.4 is 10.1 Å². The van der Waals surface area contributed by atoms with Crippen molar-refractivity contribution in [2.45, 2.75) is 19.4 Å². The molecule has 0 fully saturated rings. The van der Waals surface area contributed by atoms with Gasteiger partial charge in [0.05, 0.1) is 12.1 Å². The molecule has 3 rings (SSSR count). The standard InChI is InChI=1S/C19H21ClN2O2/c1-24-18-7-6-16(12-17(18)20)21-10-8-19(23)22-11-9-14-4-2-3-5-15(14)13-22/h2-7,12,21H,8-11,13H2,1H3. The number of fused-ring (bicyclic) bond motifs is 1.